The normalized spacial score (nSPS) is 10.8. The monoisotopic (exact) mass is 239 g/mol. The molecule has 0 amide bonds. The van der Waals surface area contributed by atoms with Crippen LogP contribution >= 0.6 is 0 Å². The van der Waals surface area contributed by atoms with E-state index in [1.54, 1.807) is 13.2 Å². The Hall–Kier alpha value is -1.26. The van der Waals surface area contributed by atoms with Gasteiger partial charge in [-0.1, -0.05) is 6.07 Å². The summed E-state index contributed by atoms with van der Waals surface area (Å²) < 4.78 is 16.1. The van der Waals surface area contributed by atoms with Gasteiger partial charge in [0.15, 0.2) is 0 Å². The van der Waals surface area contributed by atoms with E-state index in [0.717, 1.165) is 11.3 Å². The summed E-state index contributed by atoms with van der Waals surface area (Å²) in [5.74, 6) is 0.759. The minimum Gasteiger partial charge on any atom is -0.496 e. The predicted molar refractivity (Wildman–Crippen MR) is 68.2 cm³/mol. The second-order valence-electron chi connectivity index (χ2n) is 4.04. The number of rotatable bonds is 7. The van der Waals surface area contributed by atoms with E-state index >= 15 is 0 Å². The second kappa shape index (κ2) is 7.14. The number of hydrogen-bond donors (Lipinski definition) is 1. The lowest BCUT2D eigenvalue weighted by Gasteiger charge is -2.11. The van der Waals surface area contributed by atoms with Crippen LogP contribution in [-0.2, 0) is 16.1 Å². The molecule has 0 spiro atoms. The third kappa shape index (κ3) is 5.06. The highest BCUT2D eigenvalue weighted by molar-refractivity contribution is 5.48. The number of benzene rings is 1. The van der Waals surface area contributed by atoms with Crippen molar-refractivity contribution in [1.82, 2.24) is 0 Å². The first-order valence-electron chi connectivity index (χ1n) is 5.75. The number of nitrogens with two attached hydrogens (primary N) is 1. The van der Waals surface area contributed by atoms with Crippen LogP contribution in [0.15, 0.2) is 18.2 Å². The summed E-state index contributed by atoms with van der Waals surface area (Å²) in [6.45, 7) is 5.69. The van der Waals surface area contributed by atoms with E-state index in [1.165, 1.54) is 0 Å². The first kappa shape index (κ1) is 13.8. The molecule has 4 nitrogen and oxygen atoms in total. The third-order valence-corrected chi connectivity index (χ3v) is 2.25. The zero-order chi connectivity index (χ0) is 12.7. The van der Waals surface area contributed by atoms with Crippen molar-refractivity contribution in [1.29, 1.82) is 0 Å². The molecule has 0 aromatic heterocycles. The molecule has 0 aliphatic heterocycles. The molecular formula is C13H21NO3. The molecule has 0 fully saturated rings. The van der Waals surface area contributed by atoms with Gasteiger partial charge >= 0.3 is 0 Å². The Morgan fingerprint density at radius 1 is 1.24 bits per heavy atom. The van der Waals surface area contributed by atoms with Crippen molar-refractivity contribution in [3.05, 3.63) is 23.8 Å². The summed E-state index contributed by atoms with van der Waals surface area (Å²) in [4.78, 5) is 0. The van der Waals surface area contributed by atoms with Crippen LogP contribution in [0.4, 0.5) is 5.69 Å². The van der Waals surface area contributed by atoms with Gasteiger partial charge in [-0.05, 0) is 19.9 Å². The molecule has 1 aromatic carbocycles. The Bertz CT molecular complexity index is 339. The summed E-state index contributed by atoms with van der Waals surface area (Å²) >= 11 is 0. The highest BCUT2D eigenvalue weighted by atomic mass is 16.5. The molecule has 0 radical (unpaired) electrons. The molecule has 0 saturated carbocycles. The van der Waals surface area contributed by atoms with Gasteiger partial charge in [0.05, 0.1) is 33.0 Å². The lowest BCUT2D eigenvalue weighted by Crippen LogP contribution is -2.09. The minimum absolute atomic E-state index is 0.240. The molecule has 0 atom stereocenters. The maximum atomic E-state index is 5.67. The molecule has 17 heavy (non-hydrogen) atoms. The molecule has 1 aromatic rings. The summed E-state index contributed by atoms with van der Waals surface area (Å²) in [6.07, 6.45) is 0.240. The van der Waals surface area contributed by atoms with Crippen LogP contribution in [-0.4, -0.2) is 26.4 Å². The van der Waals surface area contributed by atoms with E-state index in [4.69, 9.17) is 19.9 Å². The third-order valence-electron chi connectivity index (χ3n) is 2.25. The molecule has 96 valence electrons. The van der Waals surface area contributed by atoms with Crippen molar-refractivity contribution in [2.75, 3.05) is 26.1 Å². The van der Waals surface area contributed by atoms with Crippen LogP contribution in [0.5, 0.6) is 5.75 Å². The lowest BCUT2D eigenvalue weighted by atomic mass is 10.2. The van der Waals surface area contributed by atoms with Crippen LogP contribution in [0, 0.1) is 0 Å². The zero-order valence-corrected chi connectivity index (χ0v) is 10.7. The van der Waals surface area contributed by atoms with Gasteiger partial charge in [-0.15, -0.1) is 0 Å². The van der Waals surface area contributed by atoms with E-state index < -0.39 is 0 Å². The molecule has 0 saturated heterocycles. The average molecular weight is 239 g/mol. The van der Waals surface area contributed by atoms with Crippen molar-refractivity contribution in [3.63, 3.8) is 0 Å². The Morgan fingerprint density at radius 3 is 2.65 bits per heavy atom. The maximum absolute atomic E-state index is 5.67. The lowest BCUT2D eigenvalue weighted by molar-refractivity contribution is 0.0139. The molecule has 0 aliphatic rings. The first-order valence-corrected chi connectivity index (χ1v) is 5.75. The van der Waals surface area contributed by atoms with Crippen LogP contribution in [0.3, 0.4) is 0 Å². The fourth-order valence-electron chi connectivity index (χ4n) is 1.41. The highest BCUT2D eigenvalue weighted by Gasteiger charge is 2.03. The molecule has 0 bridgehead atoms. The van der Waals surface area contributed by atoms with Crippen LogP contribution in [0.25, 0.3) is 0 Å². The van der Waals surface area contributed by atoms with Gasteiger partial charge in [-0.2, -0.15) is 0 Å². The van der Waals surface area contributed by atoms with Gasteiger partial charge in [0.25, 0.3) is 0 Å². The van der Waals surface area contributed by atoms with Crippen molar-refractivity contribution in [3.8, 4) is 5.75 Å². The van der Waals surface area contributed by atoms with E-state index in [0.29, 0.717) is 25.5 Å². The molecule has 2 N–H and O–H groups in total. The fourth-order valence-corrected chi connectivity index (χ4v) is 1.41. The van der Waals surface area contributed by atoms with Gasteiger partial charge in [-0.25, -0.2) is 0 Å². The number of nitrogen functional groups attached to an aromatic ring is 1. The molecule has 0 aliphatic carbocycles. The highest BCUT2D eigenvalue weighted by Crippen LogP contribution is 2.21. The van der Waals surface area contributed by atoms with Gasteiger partial charge in [-0.3, -0.25) is 0 Å². The first-order chi connectivity index (χ1) is 8.13. The number of methoxy groups -OCH3 is 1. The minimum atomic E-state index is 0.240. The van der Waals surface area contributed by atoms with Crippen LogP contribution < -0.4 is 10.5 Å². The SMILES string of the molecule is COc1cc(N)ccc1COCCOC(C)C. The second-order valence-corrected chi connectivity index (χ2v) is 4.04. The summed E-state index contributed by atoms with van der Waals surface area (Å²) in [5.41, 5.74) is 7.35. The zero-order valence-electron chi connectivity index (χ0n) is 10.7. The Labute approximate surface area is 103 Å². The van der Waals surface area contributed by atoms with E-state index in [9.17, 15) is 0 Å². The standard InChI is InChI=1S/C13H21NO3/c1-10(2)17-7-6-16-9-11-4-5-12(14)8-13(11)15-3/h4-5,8,10H,6-7,9,14H2,1-3H3. The fraction of sp³-hybridized carbons (Fsp3) is 0.538. The molecule has 0 heterocycles. The van der Waals surface area contributed by atoms with E-state index in [2.05, 4.69) is 0 Å². The summed E-state index contributed by atoms with van der Waals surface area (Å²) in [6, 6.07) is 5.55. The van der Waals surface area contributed by atoms with Crippen LogP contribution in [0.1, 0.15) is 19.4 Å². The van der Waals surface area contributed by atoms with Crippen molar-refractivity contribution in [2.45, 2.75) is 26.6 Å². The maximum Gasteiger partial charge on any atom is 0.126 e. The smallest absolute Gasteiger partial charge is 0.126 e. The Balaban J connectivity index is 2.36. The van der Waals surface area contributed by atoms with Gasteiger partial charge in [0, 0.05) is 17.3 Å². The van der Waals surface area contributed by atoms with Crippen LogP contribution in [0.2, 0.25) is 0 Å². The predicted octanol–water partition coefficient (Wildman–Crippen LogP) is 2.22. The van der Waals surface area contributed by atoms with E-state index in [1.807, 2.05) is 26.0 Å². The Morgan fingerprint density at radius 2 is 2.00 bits per heavy atom. The topological polar surface area (TPSA) is 53.7 Å². The number of ether oxygens (including phenoxy) is 3. The molecule has 1 rings (SSSR count). The quantitative estimate of drug-likeness (QED) is 0.585. The van der Waals surface area contributed by atoms with Gasteiger partial charge in [0.2, 0.25) is 0 Å². The summed E-state index contributed by atoms with van der Waals surface area (Å²) in [5, 5.41) is 0. The molecule has 0 unspecified atom stereocenters. The average Bonchev–Trinajstić information content (AvgIpc) is 2.29. The number of anilines is 1. The van der Waals surface area contributed by atoms with Crippen molar-refractivity contribution in [2.24, 2.45) is 0 Å². The van der Waals surface area contributed by atoms with Gasteiger partial charge < -0.3 is 19.9 Å². The molecular weight excluding hydrogens is 218 g/mol. The Kier molecular flexibility index (Phi) is 5.80. The van der Waals surface area contributed by atoms with Crippen molar-refractivity contribution >= 4 is 5.69 Å². The van der Waals surface area contributed by atoms with Crippen molar-refractivity contribution < 1.29 is 14.2 Å². The molecule has 4 heteroatoms. The summed E-state index contributed by atoms with van der Waals surface area (Å²) in [7, 11) is 1.63. The number of hydrogen-bond acceptors (Lipinski definition) is 4. The largest absolute Gasteiger partial charge is 0.496 e. The van der Waals surface area contributed by atoms with E-state index in [-0.39, 0.29) is 6.10 Å². The van der Waals surface area contributed by atoms with Gasteiger partial charge in [0.1, 0.15) is 5.75 Å².